The topological polar surface area (TPSA) is 122 Å². The minimum atomic E-state index is -4.84. The van der Waals surface area contributed by atoms with Crippen LogP contribution in [0.15, 0.2) is 6.07 Å². The Morgan fingerprint density at radius 2 is 1.91 bits per heavy atom. The molecule has 4 atom stereocenters. The third-order valence-corrected chi connectivity index (χ3v) is 9.42. The van der Waals surface area contributed by atoms with E-state index in [9.17, 15) is 23.9 Å². The van der Waals surface area contributed by atoms with Gasteiger partial charge in [0.25, 0.3) is 5.91 Å². The Hall–Kier alpha value is -1.89. The van der Waals surface area contributed by atoms with Gasteiger partial charge in [-0.05, 0) is 37.7 Å². The van der Waals surface area contributed by atoms with Gasteiger partial charge >= 0.3 is 7.82 Å². The van der Waals surface area contributed by atoms with Crippen LogP contribution in [0.2, 0.25) is 0 Å². The fraction of sp³-hybridized carbons (Fsp3) is 0.652. The summed E-state index contributed by atoms with van der Waals surface area (Å²) in [6.07, 6.45) is 3.35. The Labute approximate surface area is 187 Å². The van der Waals surface area contributed by atoms with E-state index < -0.39 is 18.8 Å². The Kier molecular flexibility index (Phi) is 4.51. The summed E-state index contributed by atoms with van der Waals surface area (Å²) in [5.74, 6) is 0.705. The molecule has 5 rings (SSSR count). The molecule has 8 nitrogen and oxygen atoms in total. The Morgan fingerprint density at radius 3 is 2.59 bits per heavy atom. The van der Waals surface area contributed by atoms with E-state index in [2.05, 4.69) is 19.2 Å². The molecule has 0 aromatic heterocycles. The monoisotopic (exact) mass is 463 g/mol. The lowest BCUT2D eigenvalue weighted by Crippen LogP contribution is -2.69. The van der Waals surface area contributed by atoms with E-state index in [0.29, 0.717) is 48.2 Å². The van der Waals surface area contributed by atoms with Crippen LogP contribution in [-0.4, -0.2) is 27.1 Å². The molecule has 2 aliphatic heterocycles. The van der Waals surface area contributed by atoms with Gasteiger partial charge in [-0.25, -0.2) is 4.57 Å². The number of Topliss-reactive ketones (excluding diaryl/α,β-unsaturated/α-hetero) is 1. The molecule has 1 aromatic carbocycles. The number of nitrogens with one attached hydrogen (secondary N) is 1. The number of carbonyl (C=O) groups is 2. The molecule has 2 heterocycles. The second-order valence-electron chi connectivity index (χ2n) is 10.7. The standard InChI is InChI=1S/C23H30NO7P/c1-12-5-6-17-21(2,3)18(25)7-8-23(17)22(12,4)10-14-16(31-32(27,28)29)9-13-15(19(14)30-23)11-24-20(13)26/h9,12,17H,5-8,10-11H2,1-4H3,(H,24,26)(H2,27,28,29)/t12-,17-,22-,23+/m0/s1. The molecule has 9 heteroatoms. The number of fused-ring (bicyclic) bond motifs is 3. The number of phosphoric ester groups is 1. The number of ketones is 1. The number of ether oxygens (including phenoxy) is 1. The largest absolute Gasteiger partial charge is 0.524 e. The van der Waals surface area contributed by atoms with Crippen LogP contribution in [0.1, 0.15) is 74.9 Å². The summed E-state index contributed by atoms with van der Waals surface area (Å²) < 4.78 is 23.8. The quantitative estimate of drug-likeness (QED) is 0.574. The number of amides is 1. The minimum absolute atomic E-state index is 0.000628. The molecule has 2 saturated carbocycles. The van der Waals surface area contributed by atoms with E-state index in [1.54, 1.807) is 0 Å². The van der Waals surface area contributed by atoms with Crippen molar-refractivity contribution in [2.45, 2.75) is 71.9 Å². The lowest BCUT2D eigenvalue weighted by atomic mass is 9.44. The summed E-state index contributed by atoms with van der Waals surface area (Å²) in [7, 11) is -4.84. The first-order chi connectivity index (χ1) is 14.8. The second-order valence-corrected chi connectivity index (χ2v) is 11.9. The average Bonchev–Trinajstić information content (AvgIpc) is 3.05. The third-order valence-electron chi connectivity index (χ3n) is 8.98. The molecule has 3 N–H and O–H groups in total. The first-order valence-corrected chi connectivity index (χ1v) is 12.8. The molecule has 0 unspecified atom stereocenters. The molecule has 174 valence electrons. The Bertz CT molecular complexity index is 1090. The maximum Gasteiger partial charge on any atom is 0.524 e. The van der Waals surface area contributed by atoms with Crippen molar-refractivity contribution in [3.8, 4) is 11.5 Å². The zero-order chi connectivity index (χ0) is 23.3. The van der Waals surface area contributed by atoms with Gasteiger partial charge in [0.15, 0.2) is 0 Å². The zero-order valence-electron chi connectivity index (χ0n) is 18.9. The molecule has 0 bridgehead atoms. The normalized spacial score (nSPS) is 35.1. The van der Waals surface area contributed by atoms with Gasteiger partial charge in [-0.1, -0.05) is 27.7 Å². The van der Waals surface area contributed by atoms with Crippen LogP contribution >= 0.6 is 7.82 Å². The van der Waals surface area contributed by atoms with Crippen molar-refractivity contribution in [1.82, 2.24) is 5.32 Å². The molecule has 4 aliphatic rings. The number of benzene rings is 1. The summed E-state index contributed by atoms with van der Waals surface area (Å²) in [5.41, 5.74) is 0.116. The van der Waals surface area contributed by atoms with Gasteiger partial charge in [0.1, 0.15) is 22.9 Å². The first-order valence-electron chi connectivity index (χ1n) is 11.2. The molecule has 2 aliphatic carbocycles. The molecule has 2 fully saturated rings. The Morgan fingerprint density at radius 1 is 1.19 bits per heavy atom. The fourth-order valence-corrected chi connectivity index (χ4v) is 7.40. The van der Waals surface area contributed by atoms with Gasteiger partial charge in [-0.15, -0.1) is 0 Å². The van der Waals surface area contributed by atoms with Crippen molar-refractivity contribution >= 4 is 19.5 Å². The summed E-state index contributed by atoms with van der Waals surface area (Å²) in [5, 5.41) is 2.79. The lowest BCUT2D eigenvalue weighted by Gasteiger charge is -2.65. The van der Waals surface area contributed by atoms with Crippen molar-refractivity contribution in [1.29, 1.82) is 0 Å². The summed E-state index contributed by atoms with van der Waals surface area (Å²) >= 11 is 0. The molecular weight excluding hydrogens is 433 g/mol. The third kappa shape index (κ3) is 2.79. The van der Waals surface area contributed by atoms with E-state index in [-0.39, 0.29) is 34.7 Å². The highest BCUT2D eigenvalue weighted by Gasteiger charge is 2.68. The number of rotatable bonds is 2. The minimum Gasteiger partial charge on any atom is -0.486 e. The van der Waals surface area contributed by atoms with Crippen molar-refractivity contribution < 1.29 is 33.2 Å². The fourth-order valence-electron chi connectivity index (χ4n) is 6.98. The summed E-state index contributed by atoms with van der Waals surface area (Å²) in [6.45, 7) is 8.69. The van der Waals surface area contributed by atoms with Gasteiger partial charge < -0.3 is 14.6 Å². The summed E-state index contributed by atoms with van der Waals surface area (Å²) in [6, 6.07) is 1.43. The number of phosphoric acid groups is 1. The van der Waals surface area contributed by atoms with E-state index >= 15 is 0 Å². The van der Waals surface area contributed by atoms with E-state index in [1.807, 2.05) is 13.8 Å². The van der Waals surface area contributed by atoms with Gasteiger partial charge in [0.2, 0.25) is 0 Å². The van der Waals surface area contributed by atoms with E-state index in [4.69, 9.17) is 9.26 Å². The molecule has 0 saturated heterocycles. The van der Waals surface area contributed by atoms with Crippen molar-refractivity contribution in [3.63, 3.8) is 0 Å². The maximum absolute atomic E-state index is 12.9. The average molecular weight is 463 g/mol. The number of carbonyl (C=O) groups excluding carboxylic acids is 2. The van der Waals surface area contributed by atoms with Crippen LogP contribution < -0.4 is 14.6 Å². The smallest absolute Gasteiger partial charge is 0.486 e. The van der Waals surface area contributed by atoms with Crippen LogP contribution in [0.5, 0.6) is 11.5 Å². The lowest BCUT2D eigenvalue weighted by molar-refractivity contribution is -0.208. The van der Waals surface area contributed by atoms with E-state index in [1.165, 1.54) is 6.07 Å². The van der Waals surface area contributed by atoms with Crippen LogP contribution in [0, 0.1) is 22.7 Å². The van der Waals surface area contributed by atoms with Crippen LogP contribution in [0.25, 0.3) is 0 Å². The van der Waals surface area contributed by atoms with E-state index in [0.717, 1.165) is 12.8 Å². The second kappa shape index (κ2) is 6.58. The molecule has 1 amide bonds. The van der Waals surface area contributed by atoms with Crippen LogP contribution in [0.4, 0.5) is 0 Å². The zero-order valence-corrected chi connectivity index (χ0v) is 19.8. The molecule has 1 aromatic rings. The number of hydrogen-bond donors (Lipinski definition) is 3. The highest BCUT2D eigenvalue weighted by molar-refractivity contribution is 7.46. The first kappa shape index (κ1) is 21.9. The van der Waals surface area contributed by atoms with Crippen LogP contribution in [0.3, 0.4) is 0 Å². The molecule has 0 radical (unpaired) electrons. The van der Waals surface area contributed by atoms with Gasteiger partial charge in [-0.3, -0.25) is 19.4 Å². The predicted octanol–water partition coefficient (Wildman–Crippen LogP) is 3.52. The highest BCUT2D eigenvalue weighted by Crippen LogP contribution is 2.66. The molecule has 1 spiro atoms. The Balaban J connectivity index is 1.75. The van der Waals surface area contributed by atoms with Crippen molar-refractivity contribution in [2.24, 2.45) is 22.7 Å². The molecule has 32 heavy (non-hydrogen) atoms. The highest BCUT2D eigenvalue weighted by atomic mass is 31.2. The molecular formula is C23H30NO7P. The SMILES string of the molecule is C[C@H]1CC[C@H]2C(C)(C)C(=O)CC[C@@]23Oc2c(c(OP(=O)(O)O)cc4c2CNC4=O)C[C@@]13C. The number of hydrogen-bond acceptors (Lipinski definition) is 5. The van der Waals surface area contributed by atoms with Crippen molar-refractivity contribution in [2.75, 3.05) is 0 Å². The van der Waals surface area contributed by atoms with Crippen LogP contribution in [-0.2, 0) is 22.3 Å². The van der Waals surface area contributed by atoms with Crippen molar-refractivity contribution in [3.05, 3.63) is 22.8 Å². The van der Waals surface area contributed by atoms with Gasteiger partial charge in [0, 0.05) is 40.8 Å². The van der Waals surface area contributed by atoms with Gasteiger partial charge in [-0.2, -0.15) is 0 Å². The maximum atomic E-state index is 12.9. The summed E-state index contributed by atoms with van der Waals surface area (Å²) in [4.78, 5) is 44.4. The van der Waals surface area contributed by atoms with Gasteiger partial charge in [0.05, 0.1) is 5.56 Å². The predicted molar refractivity (Wildman–Crippen MR) is 115 cm³/mol.